The third-order valence-electron chi connectivity index (χ3n) is 9.33. The highest BCUT2D eigenvalue weighted by atomic mass is 79.9. The van der Waals surface area contributed by atoms with E-state index in [4.69, 9.17) is 18.9 Å². The van der Waals surface area contributed by atoms with Crippen LogP contribution in [0.15, 0.2) is 126 Å². The van der Waals surface area contributed by atoms with E-state index in [1.54, 1.807) is 49.5 Å². The van der Waals surface area contributed by atoms with E-state index in [0.717, 1.165) is 113 Å². The lowest BCUT2D eigenvalue weighted by Gasteiger charge is -2.26. The molecule has 1 aliphatic heterocycles. The summed E-state index contributed by atoms with van der Waals surface area (Å²) in [6.07, 6.45) is 3.18. The minimum absolute atomic E-state index is 0.678. The lowest BCUT2D eigenvalue weighted by Crippen LogP contribution is -2.38. The molecule has 0 atom stereocenters. The maximum atomic E-state index is 5.94. The maximum absolute atomic E-state index is 5.94. The average Bonchev–Trinajstić information content (AvgIpc) is 3.92. The molecule has 294 valence electrons. The van der Waals surface area contributed by atoms with Gasteiger partial charge in [-0.15, -0.1) is 22.7 Å². The molecule has 11 nitrogen and oxygen atoms in total. The molecule has 14 heteroatoms. The molecule has 1 saturated heterocycles. The Labute approximate surface area is 352 Å². The third kappa shape index (κ3) is 9.72. The predicted octanol–water partition coefficient (Wildman–Crippen LogP) is 10.7. The molecule has 1 aliphatic rings. The minimum Gasteiger partial charge on any atom is -0.497 e. The van der Waals surface area contributed by atoms with Crippen LogP contribution < -0.4 is 24.8 Å². The Kier molecular flexibility index (Phi) is 12.7. The van der Waals surface area contributed by atoms with Gasteiger partial charge in [0, 0.05) is 57.4 Å². The Hall–Kier alpha value is -5.64. The van der Waals surface area contributed by atoms with Crippen LogP contribution in [0.1, 0.15) is 0 Å². The molecule has 0 radical (unpaired) electrons. The molecular formula is C44H40BrN7O4S2. The van der Waals surface area contributed by atoms with Gasteiger partial charge in [0.25, 0.3) is 0 Å². The summed E-state index contributed by atoms with van der Waals surface area (Å²) in [7, 11) is 3.32. The highest BCUT2D eigenvalue weighted by molar-refractivity contribution is 9.10. The van der Waals surface area contributed by atoms with Crippen molar-refractivity contribution in [3.8, 4) is 38.1 Å². The number of anilines is 4. The number of benzene rings is 4. The molecule has 0 spiro atoms. The lowest BCUT2D eigenvalue weighted by molar-refractivity contribution is 0.0322. The van der Waals surface area contributed by atoms with E-state index in [1.165, 1.54) is 5.56 Å². The summed E-state index contributed by atoms with van der Waals surface area (Å²) < 4.78 is 25.0. The summed E-state index contributed by atoms with van der Waals surface area (Å²) in [5, 5.41) is 6.76. The van der Waals surface area contributed by atoms with Gasteiger partial charge in [-0.2, -0.15) is 0 Å². The Balaban J connectivity index is 0.000000168. The van der Waals surface area contributed by atoms with E-state index in [2.05, 4.69) is 87.8 Å². The van der Waals surface area contributed by atoms with Gasteiger partial charge in [-0.1, -0.05) is 40.2 Å². The SMILES string of the molecule is COc1cccc(Nc2ncnc3cc(-c4ccc(Br)cc4)sc23)c1.COc1cccc(Nc2ncnc3cc(-c4ccc(OCCN5CCOCC5)cc4)sc23)c1. The number of halogens is 1. The molecule has 1 fully saturated rings. The van der Waals surface area contributed by atoms with Crippen molar-refractivity contribution in [3.05, 3.63) is 126 Å². The minimum atomic E-state index is 0.678. The van der Waals surface area contributed by atoms with Crippen molar-refractivity contribution in [2.45, 2.75) is 0 Å². The molecule has 4 aromatic heterocycles. The molecule has 58 heavy (non-hydrogen) atoms. The number of morpholine rings is 1. The average molecular weight is 875 g/mol. The molecule has 8 aromatic rings. The predicted molar refractivity (Wildman–Crippen MR) is 239 cm³/mol. The van der Waals surface area contributed by atoms with Crippen molar-refractivity contribution in [1.29, 1.82) is 0 Å². The van der Waals surface area contributed by atoms with Crippen LogP contribution in [0.5, 0.6) is 17.2 Å². The quantitative estimate of drug-likeness (QED) is 0.122. The summed E-state index contributed by atoms with van der Waals surface area (Å²) in [6.45, 7) is 5.17. The van der Waals surface area contributed by atoms with Gasteiger partial charge in [0.2, 0.25) is 0 Å². The number of aromatic nitrogens is 4. The smallest absolute Gasteiger partial charge is 0.151 e. The zero-order valence-electron chi connectivity index (χ0n) is 31.9. The van der Waals surface area contributed by atoms with Crippen LogP contribution in [-0.4, -0.2) is 78.5 Å². The molecule has 5 heterocycles. The zero-order valence-corrected chi connectivity index (χ0v) is 35.1. The fourth-order valence-electron chi connectivity index (χ4n) is 6.29. The van der Waals surface area contributed by atoms with Crippen LogP contribution in [0.25, 0.3) is 41.3 Å². The van der Waals surface area contributed by atoms with E-state index in [9.17, 15) is 0 Å². The van der Waals surface area contributed by atoms with E-state index in [0.29, 0.717) is 6.61 Å². The topological polar surface area (TPSA) is 116 Å². The van der Waals surface area contributed by atoms with Crippen molar-refractivity contribution in [3.63, 3.8) is 0 Å². The molecule has 2 N–H and O–H groups in total. The standard InChI is InChI=1S/C25H26N4O3S.C19H14BrN3OS/c1-30-21-4-2-3-19(15-21)28-25-24-22(26-17-27-25)16-23(33-24)18-5-7-20(8-6-18)32-14-11-29-9-12-31-13-10-29;1-24-15-4-2-3-14(9-15)23-19-18-16(21-11-22-19)10-17(25-18)12-5-7-13(20)8-6-12/h2-8,15-17H,9-14H2,1H3,(H,26,27,28);2-11H,1H3,(H,21,22,23). The Morgan fingerprint density at radius 3 is 1.67 bits per heavy atom. The Morgan fingerprint density at radius 2 is 1.16 bits per heavy atom. The van der Waals surface area contributed by atoms with Gasteiger partial charge < -0.3 is 29.6 Å². The Bertz CT molecular complexity index is 2600. The summed E-state index contributed by atoms with van der Waals surface area (Å²) in [4.78, 5) is 22.4. The van der Waals surface area contributed by atoms with Crippen molar-refractivity contribution in [2.75, 3.05) is 64.3 Å². The van der Waals surface area contributed by atoms with Gasteiger partial charge in [-0.25, -0.2) is 19.9 Å². The van der Waals surface area contributed by atoms with Gasteiger partial charge in [0.05, 0.1) is 47.9 Å². The van der Waals surface area contributed by atoms with Crippen LogP contribution in [-0.2, 0) is 4.74 Å². The van der Waals surface area contributed by atoms with E-state index in [1.807, 2.05) is 72.8 Å². The van der Waals surface area contributed by atoms with Crippen molar-refractivity contribution in [2.24, 2.45) is 0 Å². The van der Waals surface area contributed by atoms with Crippen molar-refractivity contribution >= 4 is 82.0 Å². The van der Waals surface area contributed by atoms with E-state index < -0.39 is 0 Å². The van der Waals surface area contributed by atoms with Crippen LogP contribution >= 0.6 is 38.6 Å². The fourth-order valence-corrected chi connectivity index (χ4v) is 8.68. The van der Waals surface area contributed by atoms with Gasteiger partial charge in [-0.3, -0.25) is 4.90 Å². The van der Waals surface area contributed by atoms with E-state index in [-0.39, 0.29) is 0 Å². The first kappa shape index (κ1) is 39.2. The monoisotopic (exact) mass is 873 g/mol. The molecule has 0 bridgehead atoms. The second-order valence-electron chi connectivity index (χ2n) is 13.1. The van der Waals surface area contributed by atoms with Crippen molar-refractivity contribution in [1.82, 2.24) is 24.8 Å². The summed E-state index contributed by atoms with van der Waals surface area (Å²) in [5.74, 6) is 4.06. The highest BCUT2D eigenvalue weighted by Crippen LogP contribution is 2.39. The van der Waals surface area contributed by atoms with Crippen molar-refractivity contribution < 1.29 is 18.9 Å². The van der Waals surface area contributed by atoms with Crippen LogP contribution in [0.2, 0.25) is 0 Å². The second kappa shape index (κ2) is 18.7. The second-order valence-corrected chi connectivity index (χ2v) is 16.2. The molecule has 4 aromatic carbocycles. The number of rotatable bonds is 12. The molecule has 0 unspecified atom stereocenters. The number of thiophene rings is 2. The van der Waals surface area contributed by atoms with E-state index >= 15 is 0 Å². The lowest BCUT2D eigenvalue weighted by atomic mass is 10.2. The molecule has 0 amide bonds. The van der Waals surface area contributed by atoms with Gasteiger partial charge in [0.15, 0.2) is 11.6 Å². The first-order valence-corrected chi connectivity index (χ1v) is 21.0. The number of nitrogens with zero attached hydrogens (tertiary/aromatic N) is 5. The van der Waals surface area contributed by atoms with Gasteiger partial charge in [0.1, 0.15) is 36.5 Å². The molecule has 9 rings (SSSR count). The fraction of sp³-hybridized carbons (Fsp3) is 0.182. The van der Waals surface area contributed by atoms with Crippen LogP contribution in [0.4, 0.5) is 23.0 Å². The number of hydrogen-bond acceptors (Lipinski definition) is 13. The number of ether oxygens (including phenoxy) is 4. The summed E-state index contributed by atoms with van der Waals surface area (Å²) >= 11 is 6.82. The number of nitrogens with one attached hydrogen (secondary N) is 2. The number of fused-ring (bicyclic) bond motifs is 2. The highest BCUT2D eigenvalue weighted by Gasteiger charge is 2.14. The normalized spacial score (nSPS) is 12.8. The number of methoxy groups -OCH3 is 2. The third-order valence-corrected chi connectivity index (χ3v) is 12.2. The largest absolute Gasteiger partial charge is 0.497 e. The first-order valence-electron chi connectivity index (χ1n) is 18.6. The van der Waals surface area contributed by atoms with Crippen LogP contribution in [0, 0.1) is 0 Å². The van der Waals surface area contributed by atoms with Gasteiger partial charge >= 0.3 is 0 Å². The summed E-state index contributed by atoms with van der Waals surface area (Å²) in [6, 6.07) is 36.3. The van der Waals surface area contributed by atoms with Crippen LogP contribution in [0.3, 0.4) is 0 Å². The zero-order chi connectivity index (χ0) is 39.7. The van der Waals surface area contributed by atoms with Gasteiger partial charge in [-0.05, 0) is 83.9 Å². The molecular weight excluding hydrogens is 835 g/mol. The molecule has 0 saturated carbocycles. The number of hydrogen-bond donors (Lipinski definition) is 2. The summed E-state index contributed by atoms with van der Waals surface area (Å²) in [5.41, 5.74) is 6.00. The maximum Gasteiger partial charge on any atom is 0.151 e. The molecule has 0 aliphatic carbocycles. The first-order chi connectivity index (χ1) is 28.5. The Morgan fingerprint density at radius 1 is 0.638 bits per heavy atom.